The smallest absolute Gasteiger partial charge is 0.323 e. The SMILES string of the molecule is O=C(Cl)[C@H](Cl)N(CP(=O)(O)O)C(=O)C(F)(F)F. The highest BCUT2D eigenvalue weighted by atomic mass is 35.5. The highest BCUT2D eigenvalue weighted by Crippen LogP contribution is 2.38. The maximum Gasteiger partial charge on any atom is 0.471 e. The van der Waals surface area contributed by atoms with Crippen molar-refractivity contribution in [3.8, 4) is 0 Å². The Labute approximate surface area is 102 Å². The van der Waals surface area contributed by atoms with Crippen molar-refractivity contribution in [1.29, 1.82) is 0 Å². The summed E-state index contributed by atoms with van der Waals surface area (Å²) < 4.78 is 46.6. The van der Waals surface area contributed by atoms with Crippen LogP contribution in [0, 0.1) is 0 Å². The third-order valence-electron chi connectivity index (χ3n) is 1.30. The molecule has 0 spiro atoms. The first kappa shape index (κ1) is 16.7. The van der Waals surface area contributed by atoms with Crippen LogP contribution < -0.4 is 0 Å². The second-order valence-electron chi connectivity index (χ2n) is 2.72. The fraction of sp³-hybridized carbons (Fsp3) is 0.600. The van der Waals surface area contributed by atoms with Crippen molar-refractivity contribution in [2.24, 2.45) is 0 Å². The van der Waals surface area contributed by atoms with Crippen molar-refractivity contribution in [2.45, 2.75) is 11.7 Å². The largest absolute Gasteiger partial charge is 0.471 e. The maximum atomic E-state index is 12.0. The summed E-state index contributed by atoms with van der Waals surface area (Å²) in [6.07, 6.45) is -7.10. The van der Waals surface area contributed by atoms with Crippen LogP contribution in [0.2, 0.25) is 0 Å². The molecule has 0 saturated carbocycles. The quantitative estimate of drug-likeness (QED) is 0.347. The van der Waals surface area contributed by atoms with Crippen LogP contribution in [-0.4, -0.2) is 43.8 Å². The van der Waals surface area contributed by atoms with Crippen molar-refractivity contribution < 1.29 is 37.1 Å². The van der Waals surface area contributed by atoms with Gasteiger partial charge in [-0.15, -0.1) is 0 Å². The Hall–Kier alpha value is -0.340. The second-order valence-corrected chi connectivity index (χ2v) is 5.12. The zero-order valence-electron chi connectivity index (χ0n) is 7.69. The van der Waals surface area contributed by atoms with Crippen molar-refractivity contribution >= 4 is 41.9 Å². The molecule has 17 heavy (non-hydrogen) atoms. The standard InChI is InChI=1S/C5H5Cl2F3NO5P/c6-2(3(7)12)11(1-17(14,15)16)4(13)5(8,9)10/h2H,1H2,(H2,14,15,16)/t2-/m1/s1. The molecule has 2 N–H and O–H groups in total. The Balaban J connectivity index is 5.20. The van der Waals surface area contributed by atoms with E-state index in [1.54, 1.807) is 0 Å². The summed E-state index contributed by atoms with van der Waals surface area (Å²) in [5.41, 5.74) is -2.32. The number of carbonyl (C=O) groups excluding carboxylic acids is 2. The second kappa shape index (κ2) is 5.53. The molecule has 0 unspecified atom stereocenters. The molecular formula is C5H5Cl2F3NO5P. The Bertz CT molecular complexity index is 369. The molecular weight excluding hydrogens is 313 g/mol. The van der Waals surface area contributed by atoms with Crippen LogP contribution in [0.15, 0.2) is 0 Å². The molecule has 12 heteroatoms. The summed E-state index contributed by atoms with van der Waals surface area (Å²) in [7, 11) is -5.03. The van der Waals surface area contributed by atoms with Gasteiger partial charge >= 0.3 is 19.7 Å². The van der Waals surface area contributed by atoms with Gasteiger partial charge in [-0.25, -0.2) is 0 Å². The first-order valence-electron chi connectivity index (χ1n) is 3.62. The monoisotopic (exact) mass is 317 g/mol. The summed E-state index contributed by atoms with van der Waals surface area (Å²) in [4.78, 5) is 37.7. The lowest BCUT2D eigenvalue weighted by molar-refractivity contribution is -0.185. The number of amides is 1. The Morgan fingerprint density at radius 1 is 1.35 bits per heavy atom. The number of halogens is 5. The number of rotatable bonds is 4. The number of hydrogen-bond acceptors (Lipinski definition) is 3. The van der Waals surface area contributed by atoms with Gasteiger partial charge in [0.1, 0.15) is 6.29 Å². The van der Waals surface area contributed by atoms with Gasteiger partial charge in [0, 0.05) is 0 Å². The van der Waals surface area contributed by atoms with Crippen molar-refractivity contribution in [3.63, 3.8) is 0 Å². The molecule has 0 saturated heterocycles. The van der Waals surface area contributed by atoms with Crippen LogP contribution >= 0.6 is 30.8 Å². The predicted octanol–water partition coefficient (Wildman–Crippen LogP) is 0.843. The van der Waals surface area contributed by atoms with E-state index < -0.39 is 41.6 Å². The fourth-order valence-corrected chi connectivity index (χ4v) is 1.78. The first-order valence-corrected chi connectivity index (χ1v) is 6.23. The minimum absolute atomic E-state index is 0.544. The normalized spacial score (nSPS) is 14.3. The van der Waals surface area contributed by atoms with E-state index in [4.69, 9.17) is 33.0 Å². The molecule has 1 atom stereocenters. The van der Waals surface area contributed by atoms with Crippen molar-refractivity contribution in [3.05, 3.63) is 0 Å². The molecule has 6 nitrogen and oxygen atoms in total. The van der Waals surface area contributed by atoms with Crippen LogP contribution in [-0.2, 0) is 14.2 Å². The molecule has 1 amide bonds. The van der Waals surface area contributed by atoms with Crippen LogP contribution in [0.25, 0.3) is 0 Å². The van der Waals surface area contributed by atoms with E-state index in [1.807, 2.05) is 0 Å². The highest BCUT2D eigenvalue weighted by Gasteiger charge is 2.47. The molecule has 100 valence electrons. The van der Waals surface area contributed by atoms with Crippen molar-refractivity contribution in [1.82, 2.24) is 4.90 Å². The average Bonchev–Trinajstić information content (AvgIpc) is 2.08. The van der Waals surface area contributed by atoms with Gasteiger partial charge in [0.05, 0.1) is 0 Å². The number of carbonyl (C=O) groups is 2. The Kier molecular flexibility index (Phi) is 5.42. The summed E-state index contributed by atoms with van der Waals surface area (Å²) in [6, 6.07) is 0. The van der Waals surface area contributed by atoms with Gasteiger partial charge in [0.25, 0.3) is 5.24 Å². The molecule has 0 bridgehead atoms. The van der Waals surface area contributed by atoms with Crippen LogP contribution in [0.5, 0.6) is 0 Å². The highest BCUT2D eigenvalue weighted by molar-refractivity contribution is 7.51. The van der Waals surface area contributed by atoms with Crippen molar-refractivity contribution in [2.75, 3.05) is 6.29 Å². The van der Waals surface area contributed by atoms with Crippen LogP contribution in [0.3, 0.4) is 0 Å². The van der Waals surface area contributed by atoms with E-state index in [0.29, 0.717) is 0 Å². The molecule has 0 aromatic rings. The summed E-state index contributed by atoms with van der Waals surface area (Å²) >= 11 is 9.83. The molecule has 0 fully saturated rings. The zero-order chi connectivity index (χ0) is 14.0. The number of alkyl halides is 4. The van der Waals surface area contributed by atoms with Gasteiger partial charge in [-0.3, -0.25) is 19.1 Å². The predicted molar refractivity (Wildman–Crippen MR) is 50.3 cm³/mol. The van der Waals surface area contributed by atoms with Gasteiger partial charge in [-0.2, -0.15) is 13.2 Å². The fourth-order valence-electron chi connectivity index (χ4n) is 0.723. The Morgan fingerprint density at radius 2 is 1.76 bits per heavy atom. The van der Waals surface area contributed by atoms with E-state index in [0.717, 1.165) is 0 Å². The third kappa shape index (κ3) is 5.69. The maximum absolute atomic E-state index is 12.0. The first-order chi connectivity index (χ1) is 7.36. The van der Waals surface area contributed by atoms with E-state index in [1.165, 1.54) is 0 Å². The third-order valence-corrected chi connectivity index (χ3v) is 2.73. The van der Waals surface area contributed by atoms with Crippen LogP contribution in [0.4, 0.5) is 13.2 Å². The summed E-state index contributed by atoms with van der Waals surface area (Å²) in [6.45, 7) is 0. The van der Waals surface area contributed by atoms with Crippen LogP contribution in [0.1, 0.15) is 0 Å². The van der Waals surface area contributed by atoms with E-state index in [9.17, 15) is 27.3 Å². The molecule has 0 rings (SSSR count). The van der Waals surface area contributed by atoms with Gasteiger partial charge < -0.3 is 9.79 Å². The van der Waals surface area contributed by atoms with E-state index >= 15 is 0 Å². The molecule has 0 aromatic heterocycles. The lowest BCUT2D eigenvalue weighted by atomic mass is 10.5. The topological polar surface area (TPSA) is 94.9 Å². The number of nitrogens with zero attached hydrogens (tertiary/aromatic N) is 1. The molecule has 0 aromatic carbocycles. The molecule has 0 heterocycles. The lowest BCUT2D eigenvalue weighted by Crippen LogP contribution is -2.47. The molecule has 0 aliphatic rings. The molecule has 0 aliphatic heterocycles. The van der Waals surface area contributed by atoms with Gasteiger partial charge in [0.15, 0.2) is 5.50 Å². The van der Waals surface area contributed by atoms with E-state index in [-0.39, 0.29) is 0 Å². The summed E-state index contributed by atoms with van der Waals surface area (Å²) in [5.74, 6) is -2.67. The number of hydrogen-bond donors (Lipinski definition) is 2. The lowest BCUT2D eigenvalue weighted by Gasteiger charge is -2.26. The Morgan fingerprint density at radius 3 is 2.00 bits per heavy atom. The van der Waals surface area contributed by atoms with Gasteiger partial charge in [-0.05, 0) is 11.6 Å². The average molecular weight is 318 g/mol. The minimum atomic E-state index is -5.44. The van der Waals surface area contributed by atoms with Gasteiger partial charge in [0.2, 0.25) is 0 Å². The molecule has 0 aliphatic carbocycles. The molecule has 0 radical (unpaired) electrons. The zero-order valence-corrected chi connectivity index (χ0v) is 10.1. The van der Waals surface area contributed by atoms with E-state index in [2.05, 4.69) is 0 Å². The minimum Gasteiger partial charge on any atom is -0.323 e. The van der Waals surface area contributed by atoms with Gasteiger partial charge in [-0.1, -0.05) is 11.6 Å². The summed E-state index contributed by atoms with van der Waals surface area (Å²) in [5, 5.41) is -1.57.